The molecule has 0 fully saturated rings. The molecule has 1 N–H and O–H groups in total. The van der Waals surface area contributed by atoms with Crippen LogP contribution < -0.4 is 5.56 Å². The van der Waals surface area contributed by atoms with E-state index in [0.29, 0.717) is 18.1 Å². The van der Waals surface area contributed by atoms with Crippen LogP contribution in [0.1, 0.15) is 24.7 Å². The van der Waals surface area contributed by atoms with E-state index in [1.165, 1.54) is 6.07 Å². The summed E-state index contributed by atoms with van der Waals surface area (Å²) in [6, 6.07) is 15.2. The predicted octanol–water partition coefficient (Wildman–Crippen LogP) is 4.60. The van der Waals surface area contributed by atoms with Crippen LogP contribution in [0.3, 0.4) is 0 Å². The van der Waals surface area contributed by atoms with Gasteiger partial charge in [-0.25, -0.2) is 10.1 Å². The standard InChI is InChI=1S/C23H19BrN6O2/c1-2-5-19-25-11-10-20(31)30(19)13-14-8-9-18-17(12-14)21(24)22(32-18)15-6-3-4-7-16(15)23-26-28-29-27-23/h3-4,6-12H,2,5,13H2,1H3,(H,26,27,28,29). The number of furan rings is 1. The summed E-state index contributed by atoms with van der Waals surface area (Å²) in [5, 5.41) is 15.1. The van der Waals surface area contributed by atoms with Crippen molar-refractivity contribution in [1.29, 1.82) is 0 Å². The summed E-state index contributed by atoms with van der Waals surface area (Å²) in [4.78, 5) is 16.9. The molecule has 8 nitrogen and oxygen atoms in total. The van der Waals surface area contributed by atoms with Crippen molar-refractivity contribution in [3.05, 3.63) is 80.9 Å². The average Bonchev–Trinajstić information content (AvgIpc) is 3.45. The van der Waals surface area contributed by atoms with Crippen molar-refractivity contribution in [2.75, 3.05) is 0 Å². The molecule has 0 atom stereocenters. The summed E-state index contributed by atoms with van der Waals surface area (Å²) in [6.07, 6.45) is 3.25. The SMILES string of the molecule is CCCc1nccc(=O)n1Cc1ccc2oc(-c3ccccc3-c3nnn[nH]3)c(Br)c2c1. The fraction of sp³-hybridized carbons (Fsp3) is 0.174. The number of halogens is 1. The summed E-state index contributed by atoms with van der Waals surface area (Å²) in [6.45, 7) is 2.53. The lowest BCUT2D eigenvalue weighted by molar-refractivity contribution is 0.629. The van der Waals surface area contributed by atoms with Crippen LogP contribution in [0, 0.1) is 0 Å². The van der Waals surface area contributed by atoms with Crippen LogP contribution in [0.4, 0.5) is 0 Å². The maximum absolute atomic E-state index is 12.5. The molecule has 0 aliphatic carbocycles. The molecule has 32 heavy (non-hydrogen) atoms. The van der Waals surface area contributed by atoms with Gasteiger partial charge in [0.2, 0.25) is 0 Å². The van der Waals surface area contributed by atoms with Crippen LogP contribution in [0.5, 0.6) is 0 Å². The predicted molar refractivity (Wildman–Crippen MR) is 124 cm³/mol. The first-order chi connectivity index (χ1) is 15.7. The molecule has 5 rings (SSSR count). The first-order valence-electron chi connectivity index (χ1n) is 10.2. The molecule has 9 heteroatoms. The summed E-state index contributed by atoms with van der Waals surface area (Å²) < 4.78 is 8.77. The molecular weight excluding hydrogens is 472 g/mol. The number of tetrazole rings is 1. The Hall–Kier alpha value is -3.59. The lowest BCUT2D eigenvalue weighted by Gasteiger charge is -2.11. The summed E-state index contributed by atoms with van der Waals surface area (Å²) in [5.74, 6) is 2.05. The highest BCUT2D eigenvalue weighted by atomic mass is 79.9. The summed E-state index contributed by atoms with van der Waals surface area (Å²) in [5.41, 5.74) is 3.39. The molecular formula is C23H19BrN6O2. The number of nitrogens with zero attached hydrogens (tertiary/aromatic N) is 5. The minimum atomic E-state index is -0.0508. The van der Waals surface area contributed by atoms with Gasteiger partial charge in [-0.15, -0.1) is 5.10 Å². The number of hydrogen-bond acceptors (Lipinski definition) is 6. The Balaban J connectivity index is 1.58. The van der Waals surface area contributed by atoms with Gasteiger partial charge in [0.25, 0.3) is 5.56 Å². The molecule has 0 unspecified atom stereocenters. The Morgan fingerprint density at radius 3 is 2.75 bits per heavy atom. The maximum atomic E-state index is 12.5. The third-order valence-electron chi connectivity index (χ3n) is 5.30. The van der Waals surface area contributed by atoms with Crippen molar-refractivity contribution in [1.82, 2.24) is 30.2 Å². The van der Waals surface area contributed by atoms with Crippen molar-refractivity contribution in [3.63, 3.8) is 0 Å². The van der Waals surface area contributed by atoms with E-state index in [1.807, 2.05) is 42.5 Å². The van der Waals surface area contributed by atoms with Crippen molar-refractivity contribution in [2.24, 2.45) is 0 Å². The van der Waals surface area contributed by atoms with Crippen LogP contribution in [-0.4, -0.2) is 30.2 Å². The van der Waals surface area contributed by atoms with Gasteiger partial charge in [0.15, 0.2) is 5.82 Å². The van der Waals surface area contributed by atoms with E-state index >= 15 is 0 Å². The van der Waals surface area contributed by atoms with Gasteiger partial charge in [-0.1, -0.05) is 37.3 Å². The average molecular weight is 491 g/mol. The van der Waals surface area contributed by atoms with Gasteiger partial charge >= 0.3 is 0 Å². The van der Waals surface area contributed by atoms with Gasteiger partial charge in [-0.2, -0.15) is 0 Å². The second-order valence-electron chi connectivity index (χ2n) is 7.41. The first-order valence-corrected chi connectivity index (χ1v) is 11.0. The Labute approximate surface area is 191 Å². The smallest absolute Gasteiger partial charge is 0.253 e. The topological polar surface area (TPSA) is 102 Å². The molecule has 0 radical (unpaired) electrons. The van der Waals surface area contributed by atoms with Crippen LogP contribution in [-0.2, 0) is 13.0 Å². The van der Waals surface area contributed by atoms with Crippen LogP contribution in [0.25, 0.3) is 33.7 Å². The zero-order valence-electron chi connectivity index (χ0n) is 17.2. The fourth-order valence-electron chi connectivity index (χ4n) is 3.80. The Morgan fingerprint density at radius 2 is 1.97 bits per heavy atom. The number of fused-ring (bicyclic) bond motifs is 1. The normalized spacial score (nSPS) is 11.3. The highest BCUT2D eigenvalue weighted by molar-refractivity contribution is 9.10. The van der Waals surface area contributed by atoms with Gasteiger partial charge < -0.3 is 4.42 Å². The number of nitrogens with one attached hydrogen (secondary N) is 1. The molecule has 5 aromatic rings. The summed E-state index contributed by atoms with van der Waals surface area (Å²) >= 11 is 3.72. The highest BCUT2D eigenvalue weighted by Gasteiger charge is 2.19. The van der Waals surface area contributed by atoms with Crippen molar-refractivity contribution in [2.45, 2.75) is 26.3 Å². The van der Waals surface area contributed by atoms with Gasteiger partial charge in [0.1, 0.15) is 17.2 Å². The number of rotatable bonds is 6. The van der Waals surface area contributed by atoms with Gasteiger partial charge in [-0.3, -0.25) is 9.36 Å². The van der Waals surface area contributed by atoms with Gasteiger partial charge in [-0.05, 0) is 50.5 Å². The van der Waals surface area contributed by atoms with E-state index in [2.05, 4.69) is 48.5 Å². The fourth-order valence-corrected chi connectivity index (χ4v) is 4.40. The minimum Gasteiger partial charge on any atom is -0.455 e. The molecule has 0 amide bonds. The zero-order chi connectivity index (χ0) is 22.1. The zero-order valence-corrected chi connectivity index (χ0v) is 18.8. The maximum Gasteiger partial charge on any atom is 0.253 e. The Kier molecular flexibility index (Phi) is 5.40. The molecule has 0 spiro atoms. The van der Waals surface area contributed by atoms with Crippen LogP contribution >= 0.6 is 15.9 Å². The lowest BCUT2D eigenvalue weighted by atomic mass is 10.0. The van der Waals surface area contributed by atoms with E-state index in [9.17, 15) is 4.79 Å². The number of hydrogen-bond donors (Lipinski definition) is 1. The second-order valence-corrected chi connectivity index (χ2v) is 8.20. The number of H-pyrrole nitrogens is 1. The molecule has 2 aromatic carbocycles. The number of benzene rings is 2. The van der Waals surface area contributed by atoms with Crippen molar-refractivity contribution in [3.8, 4) is 22.7 Å². The van der Waals surface area contributed by atoms with E-state index in [0.717, 1.165) is 50.8 Å². The van der Waals surface area contributed by atoms with Gasteiger partial charge in [0.05, 0.1) is 11.0 Å². The molecule has 0 aliphatic rings. The quantitative estimate of drug-likeness (QED) is 0.373. The lowest BCUT2D eigenvalue weighted by Crippen LogP contribution is -2.24. The van der Waals surface area contributed by atoms with E-state index in [1.54, 1.807) is 10.8 Å². The van der Waals surface area contributed by atoms with Crippen LogP contribution in [0.15, 0.2) is 68.4 Å². The number of aromatic nitrogens is 6. The Bertz CT molecular complexity index is 1460. The molecule has 0 bridgehead atoms. The van der Waals surface area contributed by atoms with Crippen molar-refractivity contribution < 1.29 is 4.42 Å². The number of aromatic amines is 1. The Morgan fingerprint density at radius 1 is 1.12 bits per heavy atom. The van der Waals surface area contributed by atoms with E-state index in [-0.39, 0.29) is 5.56 Å². The molecule has 3 heterocycles. The third kappa shape index (κ3) is 3.64. The van der Waals surface area contributed by atoms with E-state index < -0.39 is 0 Å². The molecule has 160 valence electrons. The number of aryl methyl sites for hydroxylation is 1. The molecule has 0 saturated heterocycles. The summed E-state index contributed by atoms with van der Waals surface area (Å²) in [7, 11) is 0. The molecule has 0 aliphatic heterocycles. The second kappa shape index (κ2) is 8.51. The third-order valence-corrected chi connectivity index (χ3v) is 6.08. The monoisotopic (exact) mass is 490 g/mol. The van der Waals surface area contributed by atoms with Crippen LogP contribution in [0.2, 0.25) is 0 Å². The molecule has 3 aromatic heterocycles. The largest absolute Gasteiger partial charge is 0.455 e. The van der Waals surface area contributed by atoms with Gasteiger partial charge in [0, 0.05) is 35.2 Å². The minimum absolute atomic E-state index is 0.0508. The van der Waals surface area contributed by atoms with E-state index in [4.69, 9.17) is 4.42 Å². The van der Waals surface area contributed by atoms with Crippen molar-refractivity contribution >= 4 is 26.9 Å². The highest BCUT2D eigenvalue weighted by Crippen LogP contribution is 2.41. The first kappa shape index (κ1) is 20.3. The molecule has 0 saturated carbocycles.